The van der Waals surface area contributed by atoms with Gasteiger partial charge in [0.2, 0.25) is 0 Å². The second kappa shape index (κ2) is 8.22. The Kier molecular flexibility index (Phi) is 6.96. The smallest absolute Gasteiger partial charge is 0.146 e. The lowest BCUT2D eigenvalue weighted by molar-refractivity contribution is 0.0845. The fourth-order valence-corrected chi connectivity index (χ4v) is 2.12. The van der Waals surface area contributed by atoms with Crippen LogP contribution in [-0.2, 0) is 11.2 Å². The summed E-state index contributed by atoms with van der Waals surface area (Å²) in [6.45, 7) is 7.28. The van der Waals surface area contributed by atoms with Crippen molar-refractivity contribution >= 4 is 5.69 Å². The number of hydrogen-bond acceptors (Lipinski definition) is 3. The molecule has 1 aromatic rings. The number of halogens is 1. The molecule has 0 aliphatic carbocycles. The third-order valence-corrected chi connectivity index (χ3v) is 3.34. The summed E-state index contributed by atoms with van der Waals surface area (Å²) in [7, 11) is 1.89. The predicted octanol–water partition coefficient (Wildman–Crippen LogP) is 2.97. The Morgan fingerprint density at radius 3 is 2.65 bits per heavy atom. The van der Waals surface area contributed by atoms with Gasteiger partial charge < -0.3 is 15.4 Å². The van der Waals surface area contributed by atoms with E-state index in [0.29, 0.717) is 25.3 Å². The molecule has 114 valence electrons. The molecule has 0 aromatic heterocycles. The summed E-state index contributed by atoms with van der Waals surface area (Å²) in [5.41, 5.74) is 7.60. The summed E-state index contributed by atoms with van der Waals surface area (Å²) in [5.74, 6) is -0.196. The molecule has 1 aromatic carbocycles. The minimum Gasteiger partial charge on any atom is -0.377 e. The lowest BCUT2D eigenvalue weighted by atomic mass is 10.0. The maximum Gasteiger partial charge on any atom is 0.146 e. The van der Waals surface area contributed by atoms with Crippen LogP contribution in [-0.4, -0.2) is 32.3 Å². The zero-order valence-corrected chi connectivity index (χ0v) is 13.0. The number of hydrogen-bond donors (Lipinski definition) is 1. The number of rotatable bonds is 8. The van der Waals surface area contributed by atoms with E-state index in [2.05, 4.69) is 0 Å². The van der Waals surface area contributed by atoms with Crippen LogP contribution in [0.2, 0.25) is 0 Å². The monoisotopic (exact) mass is 282 g/mol. The highest BCUT2D eigenvalue weighted by Crippen LogP contribution is 2.24. The van der Waals surface area contributed by atoms with E-state index in [0.717, 1.165) is 12.0 Å². The molecule has 0 aliphatic rings. The molecule has 20 heavy (non-hydrogen) atoms. The van der Waals surface area contributed by atoms with E-state index >= 15 is 0 Å². The van der Waals surface area contributed by atoms with Crippen molar-refractivity contribution < 1.29 is 9.13 Å². The number of nitrogens with two attached hydrogens (primary N) is 1. The first kappa shape index (κ1) is 16.9. The lowest BCUT2D eigenvalue weighted by Crippen LogP contribution is -2.28. The van der Waals surface area contributed by atoms with E-state index in [1.807, 2.05) is 38.8 Å². The first-order valence-corrected chi connectivity index (χ1v) is 7.31. The van der Waals surface area contributed by atoms with E-state index in [9.17, 15) is 4.39 Å². The van der Waals surface area contributed by atoms with Crippen molar-refractivity contribution in [3.05, 3.63) is 29.6 Å². The summed E-state index contributed by atoms with van der Waals surface area (Å²) in [6.07, 6.45) is 1.77. The van der Waals surface area contributed by atoms with Crippen LogP contribution in [0, 0.1) is 5.82 Å². The van der Waals surface area contributed by atoms with Crippen LogP contribution in [0.5, 0.6) is 0 Å². The molecule has 0 spiro atoms. The highest BCUT2D eigenvalue weighted by Gasteiger charge is 2.14. The van der Waals surface area contributed by atoms with Crippen molar-refractivity contribution in [1.29, 1.82) is 0 Å². The van der Waals surface area contributed by atoms with Crippen LogP contribution in [0.15, 0.2) is 18.2 Å². The number of nitrogens with zero attached hydrogens (tertiary/aromatic N) is 1. The van der Waals surface area contributed by atoms with Crippen LogP contribution in [0.1, 0.15) is 32.8 Å². The molecule has 4 heteroatoms. The zero-order valence-electron chi connectivity index (χ0n) is 13.0. The summed E-state index contributed by atoms with van der Waals surface area (Å²) < 4.78 is 19.6. The van der Waals surface area contributed by atoms with Crippen molar-refractivity contribution in [1.82, 2.24) is 0 Å². The number of para-hydroxylation sites is 1. The minimum atomic E-state index is -0.196. The number of likely N-dealkylation sites (N-methyl/N-ethyl adjacent to an activating group) is 1. The van der Waals surface area contributed by atoms with Gasteiger partial charge in [-0.3, -0.25) is 0 Å². The number of benzene rings is 1. The Morgan fingerprint density at radius 1 is 1.35 bits per heavy atom. The van der Waals surface area contributed by atoms with Gasteiger partial charge in [-0.15, -0.1) is 0 Å². The van der Waals surface area contributed by atoms with Gasteiger partial charge in [0.1, 0.15) is 5.82 Å². The van der Waals surface area contributed by atoms with Crippen molar-refractivity contribution in [2.45, 2.75) is 45.8 Å². The molecule has 1 rings (SSSR count). The molecule has 1 unspecified atom stereocenters. The molecule has 0 amide bonds. The molecule has 0 radical (unpaired) electrons. The average molecular weight is 282 g/mol. The van der Waals surface area contributed by atoms with Gasteiger partial charge in [0.05, 0.1) is 18.4 Å². The number of anilines is 1. The van der Waals surface area contributed by atoms with Gasteiger partial charge in [-0.2, -0.15) is 0 Å². The fourth-order valence-electron chi connectivity index (χ4n) is 2.12. The predicted molar refractivity (Wildman–Crippen MR) is 82.7 cm³/mol. The highest BCUT2D eigenvalue weighted by molar-refractivity contribution is 5.54. The molecular formula is C16H27FN2O. The minimum absolute atomic E-state index is 0.0656. The molecule has 0 aliphatic heterocycles. The van der Waals surface area contributed by atoms with Gasteiger partial charge in [0.15, 0.2) is 0 Å². The molecule has 3 nitrogen and oxygen atoms in total. The van der Waals surface area contributed by atoms with Gasteiger partial charge in [-0.25, -0.2) is 4.39 Å². The summed E-state index contributed by atoms with van der Waals surface area (Å²) in [4.78, 5) is 1.91. The molecule has 2 N–H and O–H groups in total. The van der Waals surface area contributed by atoms with Gasteiger partial charge in [-0.05, 0) is 38.3 Å². The van der Waals surface area contributed by atoms with E-state index in [4.69, 9.17) is 10.5 Å². The molecule has 0 heterocycles. The summed E-state index contributed by atoms with van der Waals surface area (Å²) in [5, 5.41) is 0. The first-order valence-electron chi connectivity index (χ1n) is 7.31. The second-order valence-electron chi connectivity index (χ2n) is 5.46. The molecular weight excluding hydrogens is 255 g/mol. The van der Waals surface area contributed by atoms with Gasteiger partial charge in [0, 0.05) is 19.6 Å². The van der Waals surface area contributed by atoms with Crippen molar-refractivity contribution in [2.75, 3.05) is 25.1 Å². The van der Waals surface area contributed by atoms with Crippen LogP contribution in [0.25, 0.3) is 0 Å². The van der Waals surface area contributed by atoms with Gasteiger partial charge >= 0.3 is 0 Å². The Balaban J connectivity index is 2.80. The van der Waals surface area contributed by atoms with Gasteiger partial charge in [0.25, 0.3) is 0 Å². The zero-order chi connectivity index (χ0) is 15.1. The summed E-state index contributed by atoms with van der Waals surface area (Å²) >= 11 is 0. The Labute approximate surface area is 121 Å². The maximum atomic E-state index is 14.1. The lowest BCUT2D eigenvalue weighted by Gasteiger charge is -2.24. The van der Waals surface area contributed by atoms with Gasteiger partial charge in [-0.1, -0.05) is 19.1 Å². The van der Waals surface area contributed by atoms with Crippen LogP contribution < -0.4 is 10.6 Å². The molecule has 0 fully saturated rings. The van der Waals surface area contributed by atoms with Crippen molar-refractivity contribution in [3.63, 3.8) is 0 Å². The average Bonchev–Trinajstić information content (AvgIpc) is 2.38. The Bertz CT molecular complexity index is 409. The third-order valence-electron chi connectivity index (χ3n) is 3.34. The Hall–Kier alpha value is -1.13. The quantitative estimate of drug-likeness (QED) is 0.796. The first-order chi connectivity index (χ1) is 9.45. The highest BCUT2D eigenvalue weighted by atomic mass is 19.1. The number of ether oxygens (including phenoxy) is 1. The van der Waals surface area contributed by atoms with E-state index in [1.54, 1.807) is 6.07 Å². The topological polar surface area (TPSA) is 38.5 Å². The summed E-state index contributed by atoms with van der Waals surface area (Å²) in [6, 6.07) is 5.26. The largest absolute Gasteiger partial charge is 0.377 e. The van der Waals surface area contributed by atoms with E-state index in [-0.39, 0.29) is 18.0 Å². The fraction of sp³-hybridized carbons (Fsp3) is 0.625. The molecule has 0 bridgehead atoms. The SMILES string of the molecule is CCC(N)Cc1cccc(F)c1N(C)CCOC(C)C. The van der Waals surface area contributed by atoms with Crippen molar-refractivity contribution in [2.24, 2.45) is 5.73 Å². The normalized spacial score (nSPS) is 12.8. The third kappa shape index (κ3) is 5.10. The Morgan fingerprint density at radius 2 is 2.05 bits per heavy atom. The van der Waals surface area contributed by atoms with E-state index < -0.39 is 0 Å². The second-order valence-corrected chi connectivity index (χ2v) is 5.46. The standard InChI is InChI=1S/C16H27FN2O/c1-5-14(18)11-13-7-6-8-15(17)16(13)19(4)9-10-20-12(2)3/h6-8,12,14H,5,9-11,18H2,1-4H3. The van der Waals surface area contributed by atoms with Crippen LogP contribution in [0.3, 0.4) is 0 Å². The van der Waals surface area contributed by atoms with E-state index in [1.165, 1.54) is 6.07 Å². The maximum absolute atomic E-state index is 14.1. The molecule has 0 saturated heterocycles. The van der Waals surface area contributed by atoms with Crippen molar-refractivity contribution in [3.8, 4) is 0 Å². The van der Waals surface area contributed by atoms with Crippen LogP contribution >= 0.6 is 0 Å². The molecule has 0 saturated carbocycles. The molecule has 1 atom stereocenters. The van der Waals surface area contributed by atoms with Crippen LogP contribution in [0.4, 0.5) is 10.1 Å².